The summed E-state index contributed by atoms with van der Waals surface area (Å²) < 4.78 is 41.0. The number of nitrogens with one attached hydrogen (secondary N) is 1. The van der Waals surface area contributed by atoms with Gasteiger partial charge in [-0.2, -0.15) is 13.2 Å². The third kappa shape index (κ3) is 1.53. The maximum absolute atomic E-state index is 12.0. The first-order valence-corrected chi connectivity index (χ1v) is 3.52. The fraction of sp³-hybridized carbons (Fsp3) is 1.00. The molecule has 0 amide bonds. The summed E-state index contributed by atoms with van der Waals surface area (Å²) in [6.07, 6.45) is -4.70. The van der Waals surface area contributed by atoms with Gasteiger partial charge in [0.25, 0.3) is 0 Å². The average Bonchev–Trinajstić information content (AvgIpc) is 2.58. The fourth-order valence-corrected chi connectivity index (χ4v) is 1.54. The SMILES string of the molecule is Cl.FC(F)(F)[C@H]1[C@H]2NCCO[C@H]21. The van der Waals surface area contributed by atoms with Gasteiger partial charge in [-0.25, -0.2) is 0 Å². The highest BCUT2D eigenvalue weighted by Crippen LogP contribution is 2.47. The third-order valence-electron chi connectivity index (χ3n) is 2.12. The Labute approximate surface area is 73.9 Å². The van der Waals surface area contributed by atoms with Gasteiger partial charge in [0.15, 0.2) is 0 Å². The molecule has 1 N–H and O–H groups in total. The van der Waals surface area contributed by atoms with Gasteiger partial charge >= 0.3 is 6.18 Å². The zero-order chi connectivity index (χ0) is 8.06. The van der Waals surface area contributed by atoms with Gasteiger partial charge in [-0.1, -0.05) is 0 Å². The number of ether oxygens (including phenoxy) is 1. The molecular weight excluding hydrogens is 195 g/mol. The molecule has 1 aliphatic heterocycles. The summed E-state index contributed by atoms with van der Waals surface area (Å²) >= 11 is 0. The molecule has 2 fully saturated rings. The summed E-state index contributed by atoms with van der Waals surface area (Å²) in [6.45, 7) is 0.932. The Morgan fingerprint density at radius 1 is 1.33 bits per heavy atom. The summed E-state index contributed by atoms with van der Waals surface area (Å²) in [5.74, 6) is -1.26. The van der Waals surface area contributed by atoms with Crippen molar-refractivity contribution in [1.29, 1.82) is 0 Å². The van der Waals surface area contributed by atoms with Crippen LogP contribution in [0.25, 0.3) is 0 Å². The van der Waals surface area contributed by atoms with E-state index < -0.39 is 24.2 Å². The standard InChI is InChI=1S/C6H8F3NO.ClH/c7-6(8,9)3-4-5(3)11-2-1-10-4;/h3-5,10H,1-2H2;1H/t3-,4+,5-;/m0./s1. The minimum absolute atomic E-state index is 0. The highest BCUT2D eigenvalue weighted by molar-refractivity contribution is 5.85. The summed E-state index contributed by atoms with van der Waals surface area (Å²) in [6, 6.07) is -0.469. The molecule has 2 nitrogen and oxygen atoms in total. The summed E-state index contributed by atoms with van der Waals surface area (Å²) in [5.41, 5.74) is 0. The molecule has 72 valence electrons. The Hall–Kier alpha value is -0.0000000000000000416. The molecule has 0 spiro atoms. The Balaban J connectivity index is 0.000000720. The highest BCUT2D eigenvalue weighted by atomic mass is 35.5. The van der Waals surface area contributed by atoms with Gasteiger partial charge in [-0.05, 0) is 0 Å². The predicted octanol–water partition coefficient (Wildman–Crippen LogP) is 0.957. The van der Waals surface area contributed by atoms with E-state index in [9.17, 15) is 13.2 Å². The van der Waals surface area contributed by atoms with Gasteiger partial charge in [0.2, 0.25) is 0 Å². The summed E-state index contributed by atoms with van der Waals surface area (Å²) in [4.78, 5) is 0. The van der Waals surface area contributed by atoms with Crippen LogP contribution >= 0.6 is 12.4 Å². The molecule has 2 rings (SSSR count). The number of rotatable bonds is 0. The van der Waals surface area contributed by atoms with E-state index in [0.29, 0.717) is 13.2 Å². The zero-order valence-electron chi connectivity index (χ0n) is 6.10. The Bertz CT molecular complexity index is 163. The van der Waals surface area contributed by atoms with Crippen LogP contribution in [-0.2, 0) is 4.74 Å². The molecule has 0 radical (unpaired) electrons. The van der Waals surface area contributed by atoms with E-state index in [1.54, 1.807) is 0 Å². The van der Waals surface area contributed by atoms with Crippen LogP contribution < -0.4 is 5.32 Å². The van der Waals surface area contributed by atoms with Gasteiger partial charge in [0.1, 0.15) is 5.92 Å². The molecule has 0 aromatic rings. The van der Waals surface area contributed by atoms with E-state index >= 15 is 0 Å². The second-order valence-corrected chi connectivity index (χ2v) is 2.88. The molecule has 2 aliphatic rings. The lowest BCUT2D eigenvalue weighted by Gasteiger charge is -2.09. The van der Waals surface area contributed by atoms with Crippen LogP contribution in [0.4, 0.5) is 13.2 Å². The fourth-order valence-electron chi connectivity index (χ4n) is 1.54. The quantitative estimate of drug-likeness (QED) is 0.633. The van der Waals surface area contributed by atoms with Crippen LogP contribution in [0.15, 0.2) is 0 Å². The first-order chi connectivity index (χ1) is 5.11. The molecule has 0 bridgehead atoms. The Morgan fingerprint density at radius 2 is 2.00 bits per heavy atom. The molecule has 0 unspecified atom stereocenters. The van der Waals surface area contributed by atoms with Crippen LogP contribution in [0, 0.1) is 5.92 Å². The van der Waals surface area contributed by atoms with Gasteiger partial charge in [0, 0.05) is 12.6 Å². The largest absolute Gasteiger partial charge is 0.395 e. The minimum Gasteiger partial charge on any atom is -0.375 e. The lowest BCUT2D eigenvalue weighted by Crippen LogP contribution is -2.31. The van der Waals surface area contributed by atoms with E-state index in [4.69, 9.17) is 4.74 Å². The van der Waals surface area contributed by atoms with Crippen molar-refractivity contribution in [2.24, 2.45) is 5.92 Å². The normalized spacial score (nSPS) is 39.8. The van der Waals surface area contributed by atoms with E-state index in [2.05, 4.69) is 5.32 Å². The third-order valence-corrected chi connectivity index (χ3v) is 2.12. The lowest BCUT2D eigenvalue weighted by molar-refractivity contribution is -0.156. The number of fused-ring (bicyclic) bond motifs is 1. The van der Waals surface area contributed by atoms with Crippen molar-refractivity contribution in [1.82, 2.24) is 5.32 Å². The topological polar surface area (TPSA) is 21.3 Å². The maximum Gasteiger partial charge on any atom is 0.395 e. The average molecular weight is 204 g/mol. The second kappa shape index (κ2) is 3.05. The molecule has 1 heterocycles. The monoisotopic (exact) mass is 203 g/mol. The molecule has 1 saturated carbocycles. The molecule has 1 saturated heterocycles. The Kier molecular flexibility index (Phi) is 2.56. The van der Waals surface area contributed by atoms with E-state index in [0.717, 1.165) is 0 Å². The molecule has 12 heavy (non-hydrogen) atoms. The van der Waals surface area contributed by atoms with Gasteiger partial charge < -0.3 is 10.1 Å². The van der Waals surface area contributed by atoms with E-state index in [-0.39, 0.29) is 12.4 Å². The molecule has 1 aliphatic carbocycles. The highest BCUT2D eigenvalue weighted by Gasteiger charge is 2.66. The minimum atomic E-state index is -4.09. The maximum atomic E-state index is 12.0. The lowest BCUT2D eigenvalue weighted by atomic mass is 10.4. The number of hydrogen-bond acceptors (Lipinski definition) is 2. The second-order valence-electron chi connectivity index (χ2n) is 2.88. The number of hydrogen-bond donors (Lipinski definition) is 1. The molecule has 3 atom stereocenters. The molecule has 6 heteroatoms. The van der Waals surface area contributed by atoms with Gasteiger partial charge in [-0.15, -0.1) is 12.4 Å². The van der Waals surface area contributed by atoms with Crippen molar-refractivity contribution >= 4 is 12.4 Å². The number of morpholine rings is 1. The van der Waals surface area contributed by atoms with Crippen molar-refractivity contribution in [3.63, 3.8) is 0 Å². The van der Waals surface area contributed by atoms with Crippen LogP contribution in [-0.4, -0.2) is 31.5 Å². The summed E-state index contributed by atoms with van der Waals surface area (Å²) in [5, 5.41) is 2.77. The van der Waals surface area contributed by atoms with Crippen LogP contribution in [0.2, 0.25) is 0 Å². The molecular formula is C6H9ClF3NO. The number of halogens is 4. The van der Waals surface area contributed by atoms with Crippen LogP contribution in [0.5, 0.6) is 0 Å². The van der Waals surface area contributed by atoms with E-state index in [1.807, 2.05) is 0 Å². The summed E-state index contributed by atoms with van der Waals surface area (Å²) in [7, 11) is 0. The van der Waals surface area contributed by atoms with Crippen molar-refractivity contribution in [2.45, 2.75) is 18.3 Å². The van der Waals surface area contributed by atoms with Crippen LogP contribution in [0.3, 0.4) is 0 Å². The van der Waals surface area contributed by atoms with Crippen molar-refractivity contribution in [3.05, 3.63) is 0 Å². The van der Waals surface area contributed by atoms with Crippen molar-refractivity contribution < 1.29 is 17.9 Å². The number of alkyl halides is 3. The zero-order valence-corrected chi connectivity index (χ0v) is 6.91. The molecule has 0 aromatic heterocycles. The Morgan fingerprint density at radius 3 is 2.42 bits per heavy atom. The van der Waals surface area contributed by atoms with Gasteiger partial charge in [-0.3, -0.25) is 0 Å². The smallest absolute Gasteiger partial charge is 0.375 e. The van der Waals surface area contributed by atoms with E-state index in [1.165, 1.54) is 0 Å². The van der Waals surface area contributed by atoms with Crippen molar-refractivity contribution in [2.75, 3.05) is 13.2 Å². The van der Waals surface area contributed by atoms with Gasteiger partial charge in [0.05, 0.1) is 12.7 Å². The van der Waals surface area contributed by atoms with Crippen LogP contribution in [0.1, 0.15) is 0 Å². The molecule has 0 aromatic carbocycles. The van der Waals surface area contributed by atoms with Crippen molar-refractivity contribution in [3.8, 4) is 0 Å². The first kappa shape index (κ1) is 10.1. The first-order valence-electron chi connectivity index (χ1n) is 3.52. The predicted molar refractivity (Wildman–Crippen MR) is 38.3 cm³/mol.